The summed E-state index contributed by atoms with van der Waals surface area (Å²) in [6.45, 7) is 2.17. The van der Waals surface area contributed by atoms with Gasteiger partial charge in [0.15, 0.2) is 11.2 Å². The quantitative estimate of drug-likeness (QED) is 0.578. The van der Waals surface area contributed by atoms with Gasteiger partial charge in [-0.2, -0.15) is 4.98 Å². The van der Waals surface area contributed by atoms with Crippen LogP contribution in [0.5, 0.6) is 5.88 Å². The molecule has 0 radical (unpaired) electrons. The Morgan fingerprint density at radius 3 is 2.95 bits per heavy atom. The van der Waals surface area contributed by atoms with E-state index in [0.29, 0.717) is 30.4 Å². The molecule has 0 atom stereocenters. The van der Waals surface area contributed by atoms with E-state index in [1.807, 2.05) is 4.57 Å². The van der Waals surface area contributed by atoms with Crippen LogP contribution in [-0.2, 0) is 17.2 Å². The van der Waals surface area contributed by atoms with Gasteiger partial charge in [-0.25, -0.2) is 9.97 Å². The Hall–Kier alpha value is -1.40. The second-order valence-corrected chi connectivity index (χ2v) is 5.15. The highest BCUT2D eigenvalue weighted by Crippen LogP contribution is 2.28. The molecule has 20 heavy (non-hydrogen) atoms. The Balaban J connectivity index is 1.79. The molecule has 0 N–H and O–H groups in total. The second-order valence-electron chi connectivity index (χ2n) is 4.89. The molecule has 0 aromatic carbocycles. The minimum absolute atomic E-state index is 0.322. The fourth-order valence-electron chi connectivity index (χ4n) is 2.14. The fourth-order valence-corrected chi connectivity index (χ4v) is 2.34. The molecular weight excluding hydrogens is 280 g/mol. The van der Waals surface area contributed by atoms with Gasteiger partial charge in [-0.1, -0.05) is 0 Å². The van der Waals surface area contributed by atoms with Crippen LogP contribution in [0.3, 0.4) is 0 Å². The number of imidazole rings is 1. The first kappa shape index (κ1) is 13.6. The maximum atomic E-state index is 5.96. The standard InChI is InChI=1S/C13H17ClN4O2/c1-19-13-11-12(15-8-16-13)18(10(6-14)17-11)4-5-20-7-9-2-3-9/h8-9H,2-7H2,1H3. The third-order valence-electron chi connectivity index (χ3n) is 3.40. The van der Waals surface area contributed by atoms with E-state index in [4.69, 9.17) is 21.1 Å². The van der Waals surface area contributed by atoms with Gasteiger partial charge in [0.05, 0.1) is 19.6 Å². The summed E-state index contributed by atoms with van der Waals surface area (Å²) in [5.41, 5.74) is 1.38. The molecule has 1 saturated carbocycles. The molecule has 0 saturated heterocycles. The van der Waals surface area contributed by atoms with Crippen molar-refractivity contribution >= 4 is 22.8 Å². The van der Waals surface area contributed by atoms with Gasteiger partial charge in [-0.3, -0.25) is 0 Å². The SMILES string of the molecule is COc1ncnc2c1nc(CCl)n2CCOCC1CC1. The first-order valence-electron chi connectivity index (χ1n) is 6.71. The van der Waals surface area contributed by atoms with Crippen LogP contribution in [0.1, 0.15) is 18.7 Å². The van der Waals surface area contributed by atoms with Crippen molar-refractivity contribution in [2.75, 3.05) is 20.3 Å². The second kappa shape index (κ2) is 5.93. The molecule has 2 aromatic rings. The van der Waals surface area contributed by atoms with Crippen LogP contribution < -0.4 is 4.74 Å². The lowest BCUT2D eigenvalue weighted by atomic mass is 10.5. The molecule has 0 spiro atoms. The minimum Gasteiger partial charge on any atom is -0.479 e. The van der Waals surface area contributed by atoms with Crippen LogP contribution in [0.4, 0.5) is 0 Å². The summed E-state index contributed by atoms with van der Waals surface area (Å²) >= 11 is 5.96. The molecule has 1 fully saturated rings. The number of aromatic nitrogens is 4. The summed E-state index contributed by atoms with van der Waals surface area (Å²) < 4.78 is 12.8. The predicted octanol–water partition coefficient (Wildman–Crippen LogP) is 2.00. The van der Waals surface area contributed by atoms with E-state index < -0.39 is 0 Å². The highest BCUT2D eigenvalue weighted by Gasteiger charge is 2.21. The molecule has 0 bridgehead atoms. The summed E-state index contributed by atoms with van der Waals surface area (Å²) in [7, 11) is 1.57. The van der Waals surface area contributed by atoms with Crippen molar-refractivity contribution in [3.05, 3.63) is 12.2 Å². The number of hydrogen-bond donors (Lipinski definition) is 0. The zero-order valence-corrected chi connectivity index (χ0v) is 12.1. The van der Waals surface area contributed by atoms with E-state index in [-0.39, 0.29) is 0 Å². The molecular formula is C13H17ClN4O2. The lowest BCUT2D eigenvalue weighted by Crippen LogP contribution is -2.10. The van der Waals surface area contributed by atoms with Gasteiger partial charge in [0, 0.05) is 13.2 Å². The topological polar surface area (TPSA) is 62.1 Å². The number of ether oxygens (including phenoxy) is 2. The monoisotopic (exact) mass is 296 g/mol. The van der Waals surface area contributed by atoms with Crippen molar-refractivity contribution < 1.29 is 9.47 Å². The first-order chi connectivity index (χ1) is 9.83. The van der Waals surface area contributed by atoms with Crippen LogP contribution in [0.25, 0.3) is 11.2 Å². The lowest BCUT2D eigenvalue weighted by Gasteiger charge is -2.07. The first-order valence-corrected chi connectivity index (χ1v) is 7.24. The van der Waals surface area contributed by atoms with E-state index in [1.54, 1.807) is 7.11 Å². The molecule has 1 aliphatic rings. The Bertz CT molecular complexity index is 597. The molecule has 108 valence electrons. The molecule has 0 aliphatic heterocycles. The summed E-state index contributed by atoms with van der Waals surface area (Å²) in [6.07, 6.45) is 4.07. The molecule has 0 unspecified atom stereocenters. The van der Waals surface area contributed by atoms with Crippen LogP contribution in [-0.4, -0.2) is 39.8 Å². The van der Waals surface area contributed by atoms with Gasteiger partial charge in [0.1, 0.15) is 12.2 Å². The zero-order chi connectivity index (χ0) is 13.9. The number of hydrogen-bond acceptors (Lipinski definition) is 5. The summed E-state index contributed by atoms with van der Waals surface area (Å²) in [6, 6.07) is 0. The van der Waals surface area contributed by atoms with Crippen LogP contribution >= 0.6 is 11.6 Å². The third-order valence-corrected chi connectivity index (χ3v) is 3.64. The number of nitrogens with zero attached hydrogens (tertiary/aromatic N) is 4. The summed E-state index contributed by atoms with van der Waals surface area (Å²) in [5.74, 6) is 2.32. The van der Waals surface area contributed by atoms with E-state index in [1.165, 1.54) is 19.2 Å². The number of fused-ring (bicyclic) bond motifs is 1. The number of methoxy groups -OCH3 is 1. The van der Waals surface area contributed by atoms with Crippen molar-refractivity contribution in [2.45, 2.75) is 25.3 Å². The van der Waals surface area contributed by atoms with E-state index in [9.17, 15) is 0 Å². The third kappa shape index (κ3) is 2.71. The molecule has 7 heteroatoms. The Morgan fingerprint density at radius 1 is 1.40 bits per heavy atom. The highest BCUT2D eigenvalue weighted by atomic mass is 35.5. The summed E-state index contributed by atoms with van der Waals surface area (Å²) in [4.78, 5) is 12.8. The average Bonchev–Trinajstić information content (AvgIpc) is 3.23. The highest BCUT2D eigenvalue weighted by molar-refractivity contribution is 6.16. The van der Waals surface area contributed by atoms with Crippen molar-refractivity contribution in [3.8, 4) is 5.88 Å². The molecule has 1 aliphatic carbocycles. The van der Waals surface area contributed by atoms with E-state index >= 15 is 0 Å². The van der Waals surface area contributed by atoms with Gasteiger partial charge >= 0.3 is 0 Å². The van der Waals surface area contributed by atoms with E-state index in [0.717, 1.165) is 24.0 Å². The minimum atomic E-state index is 0.322. The van der Waals surface area contributed by atoms with Crippen molar-refractivity contribution in [3.63, 3.8) is 0 Å². The van der Waals surface area contributed by atoms with Gasteiger partial charge < -0.3 is 14.0 Å². The van der Waals surface area contributed by atoms with Crippen LogP contribution in [0.15, 0.2) is 6.33 Å². The van der Waals surface area contributed by atoms with Crippen LogP contribution in [0, 0.1) is 5.92 Å². The van der Waals surface area contributed by atoms with Crippen molar-refractivity contribution in [1.29, 1.82) is 0 Å². The molecule has 0 amide bonds. The fraction of sp³-hybridized carbons (Fsp3) is 0.615. The van der Waals surface area contributed by atoms with Crippen LogP contribution in [0.2, 0.25) is 0 Å². The van der Waals surface area contributed by atoms with Crippen molar-refractivity contribution in [2.24, 2.45) is 5.92 Å². The number of halogens is 1. The maximum absolute atomic E-state index is 5.96. The van der Waals surface area contributed by atoms with E-state index in [2.05, 4.69) is 15.0 Å². The number of rotatable bonds is 7. The van der Waals surface area contributed by atoms with Gasteiger partial charge in [-0.15, -0.1) is 11.6 Å². The Kier molecular flexibility index (Phi) is 4.03. The largest absolute Gasteiger partial charge is 0.479 e. The summed E-state index contributed by atoms with van der Waals surface area (Å²) in [5, 5.41) is 0. The average molecular weight is 297 g/mol. The number of alkyl halides is 1. The molecule has 6 nitrogen and oxygen atoms in total. The Labute approximate surface area is 122 Å². The Morgan fingerprint density at radius 2 is 2.25 bits per heavy atom. The van der Waals surface area contributed by atoms with Crippen molar-refractivity contribution in [1.82, 2.24) is 19.5 Å². The lowest BCUT2D eigenvalue weighted by molar-refractivity contribution is 0.117. The predicted molar refractivity (Wildman–Crippen MR) is 75.0 cm³/mol. The smallest absolute Gasteiger partial charge is 0.245 e. The van der Waals surface area contributed by atoms with Gasteiger partial charge in [0.25, 0.3) is 0 Å². The van der Waals surface area contributed by atoms with Gasteiger partial charge in [0.2, 0.25) is 5.88 Å². The molecule has 3 rings (SSSR count). The zero-order valence-electron chi connectivity index (χ0n) is 11.4. The normalized spacial score (nSPS) is 14.9. The maximum Gasteiger partial charge on any atom is 0.245 e. The molecule has 2 aromatic heterocycles. The molecule has 2 heterocycles. The van der Waals surface area contributed by atoms with Gasteiger partial charge in [-0.05, 0) is 18.8 Å².